The van der Waals surface area contributed by atoms with Crippen LogP contribution < -0.4 is 14.8 Å². The molecule has 2 heterocycles. The maximum absolute atomic E-state index is 13.7. The largest absolute Gasteiger partial charge is 0.493 e. The van der Waals surface area contributed by atoms with Crippen molar-refractivity contribution in [3.8, 4) is 11.5 Å². The zero-order valence-corrected chi connectivity index (χ0v) is 20.7. The van der Waals surface area contributed by atoms with E-state index < -0.39 is 52.8 Å². The summed E-state index contributed by atoms with van der Waals surface area (Å²) in [6.45, 7) is -0.119. The maximum Gasteiger partial charge on any atom is 0.416 e. The second kappa shape index (κ2) is 10.2. The minimum Gasteiger partial charge on any atom is -0.493 e. The van der Waals surface area contributed by atoms with Crippen LogP contribution in [0.5, 0.6) is 11.5 Å². The van der Waals surface area contributed by atoms with Gasteiger partial charge in [0.15, 0.2) is 11.5 Å². The maximum atomic E-state index is 13.7. The van der Waals surface area contributed by atoms with E-state index in [9.17, 15) is 35.9 Å². The number of likely N-dealkylation sites (N-methyl/N-ethyl adjacent to an activating group) is 1. The minimum absolute atomic E-state index is 0.0119. The Morgan fingerprint density at radius 3 is 2.08 bits per heavy atom. The number of methoxy groups -OCH3 is 2. The summed E-state index contributed by atoms with van der Waals surface area (Å²) in [5.74, 6) is -2.33. The standard InChI is InChI=1S/C26H22F6N2O5/c1-34-22(13-7-14(25(27,28)29)9-15(8-13)26(30,31)32)21(23(35)33-12-16-5-4-6-39-16)17-10-19(37-2)20(38-3)11-18(17)24(34)36/h4-11,21-22H,12H2,1-3H3,(H,33,35). The average Bonchev–Trinajstić information content (AvgIpc) is 3.41. The lowest BCUT2D eigenvalue weighted by atomic mass is 9.78. The van der Waals surface area contributed by atoms with Gasteiger partial charge in [0.2, 0.25) is 5.91 Å². The smallest absolute Gasteiger partial charge is 0.416 e. The number of alkyl halides is 6. The van der Waals surface area contributed by atoms with Crippen LogP contribution in [-0.2, 0) is 23.7 Å². The number of rotatable bonds is 6. The Morgan fingerprint density at radius 2 is 1.56 bits per heavy atom. The number of hydrogen-bond donors (Lipinski definition) is 1. The zero-order valence-electron chi connectivity index (χ0n) is 20.7. The molecule has 3 aromatic rings. The number of fused-ring (bicyclic) bond motifs is 1. The minimum atomic E-state index is -5.13. The van der Waals surface area contributed by atoms with Gasteiger partial charge in [-0.1, -0.05) is 0 Å². The van der Waals surface area contributed by atoms with E-state index in [0.717, 1.165) is 4.90 Å². The SMILES string of the molecule is COc1cc2c(cc1OC)C(C(=O)NCc1ccco1)C(c1cc(C(F)(F)F)cc(C(F)(F)F)c1)N(C)C2=O. The van der Waals surface area contributed by atoms with E-state index in [1.807, 2.05) is 0 Å². The van der Waals surface area contributed by atoms with Crippen molar-refractivity contribution in [3.63, 3.8) is 0 Å². The predicted octanol–water partition coefficient (Wildman–Crippen LogP) is 5.56. The van der Waals surface area contributed by atoms with Crippen LogP contribution in [0.4, 0.5) is 26.3 Å². The van der Waals surface area contributed by atoms with Gasteiger partial charge in [0.05, 0.1) is 50.1 Å². The van der Waals surface area contributed by atoms with Gasteiger partial charge in [-0.2, -0.15) is 26.3 Å². The highest BCUT2D eigenvalue weighted by Crippen LogP contribution is 2.47. The second-order valence-electron chi connectivity index (χ2n) is 8.77. The zero-order chi connectivity index (χ0) is 28.7. The molecule has 1 aliphatic heterocycles. The monoisotopic (exact) mass is 556 g/mol. The van der Waals surface area contributed by atoms with Gasteiger partial charge < -0.3 is 24.1 Å². The Hall–Kier alpha value is -4.16. The van der Waals surface area contributed by atoms with Crippen LogP contribution in [0.3, 0.4) is 0 Å². The summed E-state index contributed by atoms with van der Waals surface area (Å²) >= 11 is 0. The number of benzene rings is 2. The number of halogens is 6. The van der Waals surface area contributed by atoms with E-state index in [-0.39, 0.29) is 35.2 Å². The summed E-state index contributed by atoms with van der Waals surface area (Å²) in [6.07, 6.45) is -8.89. The number of amides is 2. The van der Waals surface area contributed by atoms with E-state index in [1.54, 1.807) is 12.1 Å². The summed E-state index contributed by atoms with van der Waals surface area (Å²) in [4.78, 5) is 27.9. The topological polar surface area (TPSA) is 81.0 Å². The Bertz CT molecular complexity index is 1350. The van der Waals surface area contributed by atoms with Gasteiger partial charge in [-0.05, 0) is 53.6 Å². The third kappa shape index (κ3) is 5.38. The molecule has 0 saturated carbocycles. The molecular formula is C26H22F6N2O5. The first kappa shape index (κ1) is 27.9. The van der Waals surface area contributed by atoms with Crippen LogP contribution in [0.25, 0.3) is 0 Å². The van der Waals surface area contributed by atoms with Crippen molar-refractivity contribution in [2.75, 3.05) is 21.3 Å². The number of hydrogen-bond acceptors (Lipinski definition) is 5. The first-order valence-corrected chi connectivity index (χ1v) is 11.4. The molecule has 0 bridgehead atoms. The molecule has 39 heavy (non-hydrogen) atoms. The third-order valence-electron chi connectivity index (χ3n) is 6.43. The number of carbonyl (C=O) groups excluding carboxylic acids is 2. The van der Waals surface area contributed by atoms with Gasteiger partial charge in [0.25, 0.3) is 5.91 Å². The van der Waals surface area contributed by atoms with E-state index >= 15 is 0 Å². The molecule has 0 saturated heterocycles. The normalized spacial score (nSPS) is 17.6. The van der Waals surface area contributed by atoms with Gasteiger partial charge in [-0.3, -0.25) is 9.59 Å². The molecule has 2 aromatic carbocycles. The van der Waals surface area contributed by atoms with Crippen LogP contribution in [0.2, 0.25) is 0 Å². The highest BCUT2D eigenvalue weighted by atomic mass is 19.4. The molecule has 4 rings (SSSR count). The van der Waals surface area contributed by atoms with Gasteiger partial charge in [0, 0.05) is 12.6 Å². The van der Waals surface area contributed by atoms with Gasteiger partial charge >= 0.3 is 12.4 Å². The van der Waals surface area contributed by atoms with Crippen molar-refractivity contribution in [2.24, 2.45) is 0 Å². The number of carbonyl (C=O) groups is 2. The molecule has 2 atom stereocenters. The fraction of sp³-hybridized carbons (Fsp3) is 0.308. The molecule has 0 fully saturated rings. The van der Waals surface area contributed by atoms with Crippen molar-refractivity contribution in [2.45, 2.75) is 30.9 Å². The Morgan fingerprint density at radius 1 is 0.974 bits per heavy atom. The molecule has 2 unspecified atom stereocenters. The molecule has 208 valence electrons. The fourth-order valence-electron chi connectivity index (χ4n) is 4.59. The van der Waals surface area contributed by atoms with Crippen LogP contribution in [0.1, 0.15) is 50.3 Å². The molecule has 1 aromatic heterocycles. The summed E-state index contributed by atoms with van der Waals surface area (Å²) in [5.41, 5.74) is -3.63. The van der Waals surface area contributed by atoms with Crippen molar-refractivity contribution in [1.29, 1.82) is 0 Å². The average molecular weight is 556 g/mol. The lowest BCUT2D eigenvalue weighted by molar-refractivity contribution is -0.143. The van der Waals surface area contributed by atoms with Gasteiger partial charge in [-0.25, -0.2) is 0 Å². The van der Waals surface area contributed by atoms with Crippen molar-refractivity contribution < 1.29 is 49.8 Å². The highest BCUT2D eigenvalue weighted by Gasteiger charge is 2.46. The van der Waals surface area contributed by atoms with Crippen molar-refractivity contribution >= 4 is 11.8 Å². The summed E-state index contributed by atoms with van der Waals surface area (Å²) in [5, 5.41) is 2.60. The highest BCUT2D eigenvalue weighted by molar-refractivity contribution is 6.02. The van der Waals surface area contributed by atoms with E-state index in [0.29, 0.717) is 17.9 Å². The second-order valence-corrected chi connectivity index (χ2v) is 8.77. The van der Waals surface area contributed by atoms with Crippen molar-refractivity contribution in [1.82, 2.24) is 10.2 Å². The summed E-state index contributed by atoms with van der Waals surface area (Å²) in [7, 11) is 3.82. The lowest BCUT2D eigenvalue weighted by Crippen LogP contribution is -2.45. The van der Waals surface area contributed by atoms with E-state index in [2.05, 4.69) is 5.32 Å². The van der Waals surface area contributed by atoms with Crippen LogP contribution >= 0.6 is 0 Å². The predicted molar refractivity (Wildman–Crippen MR) is 124 cm³/mol. The molecule has 1 N–H and O–H groups in total. The van der Waals surface area contributed by atoms with Crippen LogP contribution in [0, 0.1) is 0 Å². The molecule has 2 amide bonds. The Labute approximate surface area is 218 Å². The quantitative estimate of drug-likeness (QED) is 0.402. The molecule has 7 nitrogen and oxygen atoms in total. The number of ether oxygens (including phenoxy) is 2. The van der Waals surface area contributed by atoms with Crippen LogP contribution in [-0.4, -0.2) is 38.0 Å². The van der Waals surface area contributed by atoms with Crippen molar-refractivity contribution in [3.05, 3.63) is 82.3 Å². The van der Waals surface area contributed by atoms with Crippen LogP contribution in [0.15, 0.2) is 53.1 Å². The summed E-state index contributed by atoms with van der Waals surface area (Å²) < 4.78 is 97.7. The molecule has 0 radical (unpaired) electrons. The Kier molecular flexibility index (Phi) is 7.28. The van der Waals surface area contributed by atoms with E-state index in [4.69, 9.17) is 13.9 Å². The molecular weight excluding hydrogens is 534 g/mol. The summed E-state index contributed by atoms with van der Waals surface area (Å²) in [6, 6.07) is 5.25. The fourth-order valence-corrected chi connectivity index (χ4v) is 4.59. The van der Waals surface area contributed by atoms with Gasteiger partial charge in [-0.15, -0.1) is 0 Å². The number of nitrogens with zero attached hydrogens (tertiary/aromatic N) is 1. The van der Waals surface area contributed by atoms with E-state index in [1.165, 1.54) is 39.7 Å². The molecule has 13 heteroatoms. The first-order valence-electron chi connectivity index (χ1n) is 11.4. The molecule has 0 aliphatic carbocycles. The first-order chi connectivity index (χ1) is 18.3. The number of nitrogens with one attached hydrogen (secondary N) is 1. The van der Waals surface area contributed by atoms with Gasteiger partial charge in [0.1, 0.15) is 5.76 Å². The lowest BCUT2D eigenvalue weighted by Gasteiger charge is -2.40. The number of furan rings is 1. The third-order valence-corrected chi connectivity index (χ3v) is 6.43. The molecule has 1 aliphatic rings. The molecule has 0 spiro atoms. The Balaban J connectivity index is 1.94.